The molecule has 7 heteroatoms. The van der Waals surface area contributed by atoms with Crippen LogP contribution in [0.5, 0.6) is 0 Å². The van der Waals surface area contributed by atoms with Crippen molar-refractivity contribution >= 4 is 17.7 Å². The van der Waals surface area contributed by atoms with Gasteiger partial charge in [-0.1, -0.05) is 0 Å². The van der Waals surface area contributed by atoms with Crippen molar-refractivity contribution in [2.75, 3.05) is 38.2 Å². The Morgan fingerprint density at radius 1 is 1.42 bits per heavy atom. The fourth-order valence-corrected chi connectivity index (χ4v) is 4.22. The average Bonchev–Trinajstić information content (AvgIpc) is 2.97. The zero-order chi connectivity index (χ0) is 17.2. The number of hydrogen-bond acceptors (Lipinski definition) is 5. The van der Waals surface area contributed by atoms with Crippen LogP contribution in [0, 0.1) is 5.92 Å². The number of nitrogens with zero attached hydrogens (tertiary/aromatic N) is 4. The minimum absolute atomic E-state index is 0.137. The monoisotopic (exact) mass is 352 g/mol. The van der Waals surface area contributed by atoms with Crippen LogP contribution in [0.2, 0.25) is 0 Å². The average molecular weight is 353 g/mol. The van der Waals surface area contributed by atoms with E-state index in [9.17, 15) is 9.90 Å². The molecule has 2 atom stereocenters. The lowest BCUT2D eigenvalue weighted by Gasteiger charge is -2.50. The number of rotatable bonds is 5. The second kappa shape index (κ2) is 7.45. The molecule has 0 radical (unpaired) electrons. The van der Waals surface area contributed by atoms with E-state index < -0.39 is 5.60 Å². The summed E-state index contributed by atoms with van der Waals surface area (Å²) in [6, 6.07) is 0. The first-order chi connectivity index (χ1) is 11.5. The van der Waals surface area contributed by atoms with Crippen LogP contribution in [-0.2, 0) is 18.4 Å². The Kier molecular flexibility index (Phi) is 5.52. The molecule has 24 heavy (non-hydrogen) atoms. The molecule has 1 aromatic rings. The summed E-state index contributed by atoms with van der Waals surface area (Å²) < 4.78 is 2.04. The van der Waals surface area contributed by atoms with Gasteiger partial charge in [-0.25, -0.2) is 4.98 Å². The largest absolute Gasteiger partial charge is 0.389 e. The number of piperidine rings is 2. The SMILES string of the molecule is CSCCC(=O)N1CC[C@]2(O)CCN(Cc3nccn3C)C[C@@H]2C1. The van der Waals surface area contributed by atoms with Crippen molar-refractivity contribution in [1.29, 1.82) is 0 Å². The predicted octanol–water partition coefficient (Wildman–Crippen LogP) is 0.958. The van der Waals surface area contributed by atoms with E-state index in [0.717, 1.165) is 37.6 Å². The lowest BCUT2D eigenvalue weighted by Crippen LogP contribution is -2.60. The van der Waals surface area contributed by atoms with Gasteiger partial charge < -0.3 is 14.6 Å². The van der Waals surface area contributed by atoms with E-state index in [1.165, 1.54) is 0 Å². The molecule has 2 fully saturated rings. The van der Waals surface area contributed by atoms with Crippen LogP contribution >= 0.6 is 11.8 Å². The van der Waals surface area contributed by atoms with E-state index >= 15 is 0 Å². The number of amides is 1. The van der Waals surface area contributed by atoms with Crippen LogP contribution in [0.3, 0.4) is 0 Å². The molecule has 2 aliphatic rings. The number of imidazole rings is 1. The highest BCUT2D eigenvalue weighted by molar-refractivity contribution is 7.98. The van der Waals surface area contributed by atoms with E-state index in [1.807, 2.05) is 35.2 Å². The van der Waals surface area contributed by atoms with Crippen LogP contribution in [-0.4, -0.2) is 74.2 Å². The molecule has 3 heterocycles. The minimum Gasteiger partial charge on any atom is -0.389 e. The Hall–Kier alpha value is -1.05. The van der Waals surface area contributed by atoms with Gasteiger partial charge in [0.25, 0.3) is 0 Å². The molecule has 1 amide bonds. The molecule has 6 nitrogen and oxygen atoms in total. The molecule has 1 N–H and O–H groups in total. The Morgan fingerprint density at radius 2 is 2.21 bits per heavy atom. The summed E-state index contributed by atoms with van der Waals surface area (Å²) in [5, 5.41) is 11.0. The zero-order valence-corrected chi connectivity index (χ0v) is 15.5. The summed E-state index contributed by atoms with van der Waals surface area (Å²) >= 11 is 1.71. The third-order valence-corrected chi connectivity index (χ3v) is 6.13. The summed E-state index contributed by atoms with van der Waals surface area (Å²) in [5.41, 5.74) is -0.603. The molecular formula is C17H28N4O2S. The molecule has 1 aromatic heterocycles. The van der Waals surface area contributed by atoms with Gasteiger partial charge in [-0.05, 0) is 19.1 Å². The van der Waals surface area contributed by atoms with Crippen molar-refractivity contribution in [3.8, 4) is 0 Å². The summed E-state index contributed by atoms with van der Waals surface area (Å²) in [6.45, 7) is 3.90. The van der Waals surface area contributed by atoms with Crippen LogP contribution in [0.15, 0.2) is 12.4 Å². The van der Waals surface area contributed by atoms with Gasteiger partial charge in [0.2, 0.25) is 5.91 Å². The number of likely N-dealkylation sites (tertiary alicyclic amines) is 2. The molecule has 0 bridgehead atoms. The first kappa shape index (κ1) is 17.8. The van der Waals surface area contributed by atoms with Gasteiger partial charge in [-0.3, -0.25) is 9.69 Å². The number of aliphatic hydroxyl groups is 1. The highest BCUT2D eigenvalue weighted by atomic mass is 32.2. The van der Waals surface area contributed by atoms with Crippen LogP contribution < -0.4 is 0 Å². The van der Waals surface area contributed by atoms with Gasteiger partial charge in [-0.2, -0.15) is 11.8 Å². The highest BCUT2D eigenvalue weighted by Gasteiger charge is 2.45. The lowest BCUT2D eigenvalue weighted by atomic mass is 9.75. The number of carbonyl (C=O) groups is 1. The highest BCUT2D eigenvalue weighted by Crippen LogP contribution is 2.36. The maximum absolute atomic E-state index is 12.3. The Labute approximate surface area is 148 Å². The second-order valence-corrected chi connectivity index (χ2v) is 8.06. The molecule has 3 rings (SSSR count). The Morgan fingerprint density at radius 3 is 2.92 bits per heavy atom. The molecule has 0 aliphatic carbocycles. The van der Waals surface area contributed by atoms with Crippen molar-refractivity contribution in [2.24, 2.45) is 13.0 Å². The standard InChI is InChI=1S/C17H28N4O2S/c1-19-9-6-18-15(19)13-20-7-4-17(23)5-8-21(12-14(17)11-20)16(22)3-10-24-2/h6,9,14,23H,3-5,7-8,10-13H2,1-2H3/t14-,17-/m1/s1. The third kappa shape index (κ3) is 3.78. The van der Waals surface area contributed by atoms with E-state index in [1.54, 1.807) is 11.8 Å². The van der Waals surface area contributed by atoms with E-state index in [4.69, 9.17) is 0 Å². The van der Waals surface area contributed by atoms with Gasteiger partial charge in [0, 0.05) is 63.7 Å². The number of aromatic nitrogens is 2. The van der Waals surface area contributed by atoms with Crippen LogP contribution in [0.1, 0.15) is 25.1 Å². The van der Waals surface area contributed by atoms with Crippen molar-refractivity contribution in [2.45, 2.75) is 31.4 Å². The second-order valence-electron chi connectivity index (χ2n) is 7.07. The zero-order valence-electron chi connectivity index (χ0n) is 14.6. The summed E-state index contributed by atoms with van der Waals surface area (Å²) in [6.07, 6.45) is 7.90. The Balaban J connectivity index is 1.61. The van der Waals surface area contributed by atoms with Crippen LogP contribution in [0.25, 0.3) is 0 Å². The molecular weight excluding hydrogens is 324 g/mol. The van der Waals surface area contributed by atoms with Gasteiger partial charge in [0.1, 0.15) is 5.82 Å². The summed E-state index contributed by atoms with van der Waals surface area (Å²) in [4.78, 5) is 21.0. The lowest BCUT2D eigenvalue weighted by molar-refractivity contribution is -0.146. The number of hydrogen-bond donors (Lipinski definition) is 1. The van der Waals surface area contributed by atoms with Crippen molar-refractivity contribution in [1.82, 2.24) is 19.4 Å². The number of fused-ring (bicyclic) bond motifs is 1. The van der Waals surface area contributed by atoms with E-state index in [-0.39, 0.29) is 11.8 Å². The fourth-order valence-electron chi connectivity index (χ4n) is 3.84. The molecule has 0 saturated carbocycles. The minimum atomic E-state index is -0.603. The maximum Gasteiger partial charge on any atom is 0.223 e. The normalized spacial score (nSPS) is 28.0. The van der Waals surface area contributed by atoms with Gasteiger partial charge >= 0.3 is 0 Å². The molecule has 0 unspecified atom stereocenters. The smallest absolute Gasteiger partial charge is 0.223 e. The summed E-state index contributed by atoms with van der Waals surface area (Å²) in [5.74, 6) is 2.28. The molecule has 2 saturated heterocycles. The number of carbonyl (C=O) groups excluding carboxylic acids is 1. The van der Waals surface area contributed by atoms with Gasteiger partial charge in [-0.15, -0.1) is 0 Å². The number of thioether (sulfide) groups is 1. The third-order valence-electron chi connectivity index (χ3n) is 5.51. The van der Waals surface area contributed by atoms with Crippen molar-refractivity contribution in [3.05, 3.63) is 18.2 Å². The molecule has 134 valence electrons. The van der Waals surface area contributed by atoms with Crippen molar-refractivity contribution < 1.29 is 9.90 Å². The van der Waals surface area contributed by atoms with E-state index in [0.29, 0.717) is 25.9 Å². The first-order valence-electron chi connectivity index (χ1n) is 8.69. The Bertz CT molecular complexity index is 579. The molecule has 0 spiro atoms. The number of aryl methyl sites for hydroxylation is 1. The van der Waals surface area contributed by atoms with Gasteiger partial charge in [0.05, 0.1) is 12.1 Å². The van der Waals surface area contributed by atoms with Crippen LogP contribution in [0.4, 0.5) is 0 Å². The fraction of sp³-hybridized carbons (Fsp3) is 0.765. The molecule has 2 aliphatic heterocycles. The molecule has 0 aromatic carbocycles. The van der Waals surface area contributed by atoms with Gasteiger partial charge in [0.15, 0.2) is 0 Å². The predicted molar refractivity (Wildman–Crippen MR) is 95.7 cm³/mol. The van der Waals surface area contributed by atoms with Crippen molar-refractivity contribution in [3.63, 3.8) is 0 Å². The first-order valence-corrected chi connectivity index (χ1v) is 10.1. The topological polar surface area (TPSA) is 61.6 Å². The van der Waals surface area contributed by atoms with E-state index in [2.05, 4.69) is 9.88 Å². The summed E-state index contributed by atoms with van der Waals surface area (Å²) in [7, 11) is 2.01. The quantitative estimate of drug-likeness (QED) is 0.855. The maximum atomic E-state index is 12.3.